The van der Waals surface area contributed by atoms with Crippen LogP contribution >= 0.6 is 0 Å². The Morgan fingerprint density at radius 1 is 1.05 bits per heavy atom. The smallest absolute Gasteiger partial charge is 0.199 e. The van der Waals surface area contributed by atoms with Crippen LogP contribution in [0, 0.1) is 12.7 Å². The van der Waals surface area contributed by atoms with Crippen LogP contribution in [0.4, 0.5) is 4.39 Å². The highest BCUT2D eigenvalue weighted by Gasteiger charge is 2.19. The monoisotopic (exact) mass is 274 g/mol. The molecule has 0 atom stereocenters. The molecule has 3 nitrogen and oxygen atoms in total. The summed E-state index contributed by atoms with van der Waals surface area (Å²) in [5.74, 6) is 0.0134. The molecule has 20 heavy (non-hydrogen) atoms. The maximum atomic E-state index is 14.0. The van der Waals surface area contributed by atoms with E-state index in [0.29, 0.717) is 22.6 Å². The van der Waals surface area contributed by atoms with Crippen molar-refractivity contribution in [3.63, 3.8) is 0 Å². The van der Waals surface area contributed by atoms with Gasteiger partial charge in [-0.3, -0.25) is 4.79 Å². The van der Waals surface area contributed by atoms with Crippen LogP contribution in [0.15, 0.2) is 36.4 Å². The molecule has 0 heterocycles. The van der Waals surface area contributed by atoms with E-state index in [1.807, 2.05) is 0 Å². The third kappa shape index (κ3) is 2.50. The van der Waals surface area contributed by atoms with E-state index in [9.17, 15) is 9.18 Å². The molecular formula is C16H15FO3. The van der Waals surface area contributed by atoms with E-state index >= 15 is 0 Å². The van der Waals surface area contributed by atoms with E-state index in [2.05, 4.69) is 0 Å². The van der Waals surface area contributed by atoms with Gasteiger partial charge in [0, 0.05) is 6.07 Å². The second-order valence-corrected chi connectivity index (χ2v) is 4.33. The molecule has 0 saturated carbocycles. The number of carbonyl (C=O) groups excluding carboxylic acids is 1. The predicted molar refractivity (Wildman–Crippen MR) is 74.1 cm³/mol. The van der Waals surface area contributed by atoms with Crippen LogP contribution in [0.1, 0.15) is 21.5 Å². The highest BCUT2D eigenvalue weighted by Crippen LogP contribution is 2.27. The van der Waals surface area contributed by atoms with Crippen molar-refractivity contribution in [3.8, 4) is 11.5 Å². The van der Waals surface area contributed by atoms with Crippen LogP contribution in [0.5, 0.6) is 11.5 Å². The van der Waals surface area contributed by atoms with Crippen LogP contribution in [-0.4, -0.2) is 20.0 Å². The lowest BCUT2D eigenvalue weighted by Gasteiger charge is -2.10. The molecule has 2 rings (SSSR count). The van der Waals surface area contributed by atoms with Crippen LogP contribution in [0.3, 0.4) is 0 Å². The molecule has 2 aromatic rings. The number of methoxy groups -OCH3 is 2. The Morgan fingerprint density at radius 2 is 1.80 bits per heavy atom. The standard InChI is InChI=1S/C16H15FO3/c1-10-5-4-6-13(15(10)17)16(18)12-8-7-11(19-2)9-14(12)20-3/h4-9H,1-3H3. The third-order valence-electron chi connectivity index (χ3n) is 3.09. The lowest BCUT2D eigenvalue weighted by atomic mass is 10.00. The molecule has 0 radical (unpaired) electrons. The molecule has 0 spiro atoms. The fourth-order valence-electron chi connectivity index (χ4n) is 1.95. The maximum absolute atomic E-state index is 14.0. The summed E-state index contributed by atoms with van der Waals surface area (Å²) in [6, 6.07) is 9.56. The normalized spacial score (nSPS) is 10.2. The first-order chi connectivity index (χ1) is 9.58. The van der Waals surface area contributed by atoms with E-state index in [1.54, 1.807) is 37.3 Å². The molecule has 0 fully saturated rings. The van der Waals surface area contributed by atoms with Crippen molar-refractivity contribution in [3.05, 3.63) is 58.9 Å². The van der Waals surface area contributed by atoms with Crippen molar-refractivity contribution in [2.75, 3.05) is 14.2 Å². The maximum Gasteiger partial charge on any atom is 0.199 e. The average molecular weight is 274 g/mol. The zero-order chi connectivity index (χ0) is 14.7. The molecule has 4 heteroatoms. The van der Waals surface area contributed by atoms with E-state index < -0.39 is 11.6 Å². The van der Waals surface area contributed by atoms with Gasteiger partial charge in [-0.25, -0.2) is 4.39 Å². The van der Waals surface area contributed by atoms with E-state index in [-0.39, 0.29) is 5.56 Å². The van der Waals surface area contributed by atoms with Gasteiger partial charge in [-0.2, -0.15) is 0 Å². The number of hydrogen-bond acceptors (Lipinski definition) is 3. The van der Waals surface area contributed by atoms with E-state index in [0.717, 1.165) is 0 Å². The Kier molecular flexibility index (Phi) is 4.03. The molecule has 0 aliphatic heterocycles. The molecule has 0 N–H and O–H groups in total. The lowest BCUT2D eigenvalue weighted by molar-refractivity contribution is 0.103. The first-order valence-electron chi connectivity index (χ1n) is 6.10. The molecule has 2 aromatic carbocycles. The molecular weight excluding hydrogens is 259 g/mol. The van der Waals surface area contributed by atoms with Gasteiger partial charge in [-0.15, -0.1) is 0 Å². The Morgan fingerprint density at radius 3 is 2.45 bits per heavy atom. The van der Waals surface area contributed by atoms with Gasteiger partial charge in [0.25, 0.3) is 0 Å². The highest BCUT2D eigenvalue weighted by molar-refractivity contribution is 6.11. The SMILES string of the molecule is COc1ccc(C(=O)c2cccc(C)c2F)c(OC)c1. The number of halogens is 1. The van der Waals surface area contributed by atoms with Crippen molar-refractivity contribution in [1.29, 1.82) is 0 Å². The van der Waals surface area contributed by atoms with Crippen molar-refractivity contribution in [1.82, 2.24) is 0 Å². The molecule has 0 saturated heterocycles. The molecule has 0 aliphatic carbocycles. The summed E-state index contributed by atoms with van der Waals surface area (Å²) < 4.78 is 24.3. The third-order valence-corrected chi connectivity index (χ3v) is 3.09. The van der Waals surface area contributed by atoms with Crippen LogP contribution < -0.4 is 9.47 Å². The van der Waals surface area contributed by atoms with E-state index in [1.165, 1.54) is 20.3 Å². The first kappa shape index (κ1) is 14.1. The highest BCUT2D eigenvalue weighted by atomic mass is 19.1. The van der Waals surface area contributed by atoms with Crippen LogP contribution in [0.25, 0.3) is 0 Å². The van der Waals surface area contributed by atoms with Crippen LogP contribution in [-0.2, 0) is 0 Å². The number of ketones is 1. The number of rotatable bonds is 4. The van der Waals surface area contributed by atoms with E-state index in [4.69, 9.17) is 9.47 Å². The van der Waals surface area contributed by atoms with Gasteiger partial charge in [-0.1, -0.05) is 12.1 Å². The minimum atomic E-state index is -0.504. The summed E-state index contributed by atoms with van der Waals surface area (Å²) in [6.07, 6.45) is 0. The first-order valence-corrected chi connectivity index (χ1v) is 6.10. The Bertz CT molecular complexity index is 650. The summed E-state index contributed by atoms with van der Waals surface area (Å²) in [4.78, 5) is 12.4. The van der Waals surface area contributed by atoms with Gasteiger partial charge >= 0.3 is 0 Å². The van der Waals surface area contributed by atoms with Gasteiger partial charge < -0.3 is 9.47 Å². The fourth-order valence-corrected chi connectivity index (χ4v) is 1.95. The molecule has 0 aromatic heterocycles. The lowest BCUT2D eigenvalue weighted by Crippen LogP contribution is -2.07. The number of carbonyl (C=O) groups is 1. The summed E-state index contributed by atoms with van der Waals surface area (Å²) in [7, 11) is 2.98. The largest absolute Gasteiger partial charge is 0.497 e. The number of ether oxygens (including phenoxy) is 2. The quantitative estimate of drug-likeness (QED) is 0.802. The summed E-state index contributed by atoms with van der Waals surface area (Å²) >= 11 is 0. The second kappa shape index (κ2) is 5.74. The van der Waals surface area contributed by atoms with Gasteiger partial charge in [0.05, 0.1) is 25.3 Å². The minimum absolute atomic E-state index is 0.0356. The summed E-state index contributed by atoms with van der Waals surface area (Å²) in [5.41, 5.74) is 0.773. The predicted octanol–water partition coefficient (Wildman–Crippen LogP) is 3.38. The number of benzene rings is 2. The topological polar surface area (TPSA) is 35.5 Å². The summed E-state index contributed by atoms with van der Waals surface area (Å²) in [5, 5.41) is 0. The summed E-state index contributed by atoms with van der Waals surface area (Å²) in [6.45, 7) is 1.62. The van der Waals surface area contributed by atoms with Crippen molar-refractivity contribution >= 4 is 5.78 Å². The Labute approximate surface area is 117 Å². The minimum Gasteiger partial charge on any atom is -0.497 e. The number of aryl methyl sites for hydroxylation is 1. The van der Waals surface area contributed by atoms with Gasteiger partial charge in [0.15, 0.2) is 5.78 Å². The molecule has 104 valence electrons. The van der Waals surface area contributed by atoms with Crippen molar-refractivity contribution < 1.29 is 18.7 Å². The van der Waals surface area contributed by atoms with Gasteiger partial charge in [0.2, 0.25) is 0 Å². The van der Waals surface area contributed by atoms with Crippen LogP contribution in [0.2, 0.25) is 0 Å². The second-order valence-electron chi connectivity index (χ2n) is 4.33. The molecule has 0 unspecified atom stereocenters. The molecule has 0 bridgehead atoms. The fraction of sp³-hybridized carbons (Fsp3) is 0.188. The zero-order valence-corrected chi connectivity index (χ0v) is 11.6. The van der Waals surface area contributed by atoms with Gasteiger partial charge in [0.1, 0.15) is 17.3 Å². The Hall–Kier alpha value is -2.36. The molecule has 0 amide bonds. The Balaban J connectivity index is 2.50. The zero-order valence-electron chi connectivity index (χ0n) is 11.6. The van der Waals surface area contributed by atoms with Crippen molar-refractivity contribution in [2.45, 2.75) is 6.92 Å². The molecule has 0 aliphatic rings. The number of hydrogen-bond donors (Lipinski definition) is 0. The van der Waals surface area contributed by atoms with Gasteiger partial charge in [-0.05, 0) is 30.7 Å². The van der Waals surface area contributed by atoms with Crippen molar-refractivity contribution in [2.24, 2.45) is 0 Å². The average Bonchev–Trinajstić information content (AvgIpc) is 2.48.